The van der Waals surface area contributed by atoms with Crippen LogP contribution in [0, 0.1) is 0 Å². The minimum absolute atomic E-state index is 0. The molecule has 2 bridgehead atoms. The minimum atomic E-state index is -0.516. The molecule has 28 heavy (non-hydrogen) atoms. The number of halogens is 1. The number of likely N-dealkylation sites (tertiary alicyclic amines) is 1. The largest absolute Gasteiger partial charge is 1.00 e. The van der Waals surface area contributed by atoms with Crippen molar-refractivity contribution in [3.05, 3.63) is 23.3 Å². The standard InChI is InChI=1S/C22H29NO4.HI/c1-4-5-12-26-22-9-8-16(25)20-21(22)10-11-23(2,3)17(22)13-14-6-7-15(24)19(27-20)18(14)21;/h6-7,17,20H,4-5,8-13H2,1-3H3;1H/t17-,20+,21+,22-;/m1./s1. The third-order valence-electron chi connectivity index (χ3n) is 7.88. The van der Waals surface area contributed by atoms with E-state index >= 15 is 0 Å². The van der Waals surface area contributed by atoms with Crippen molar-refractivity contribution in [3.8, 4) is 11.5 Å². The molecule has 5 nitrogen and oxygen atoms in total. The highest BCUT2D eigenvalue weighted by molar-refractivity contribution is 5.90. The highest BCUT2D eigenvalue weighted by Gasteiger charge is 2.77. The lowest BCUT2D eigenvalue weighted by Gasteiger charge is -2.65. The van der Waals surface area contributed by atoms with E-state index in [-0.39, 0.29) is 35.5 Å². The molecule has 2 heterocycles. The van der Waals surface area contributed by atoms with Crippen LogP contribution < -0.4 is 28.7 Å². The number of phenolic OH excluding ortho intramolecular Hbond substituents is 1. The predicted octanol–water partition coefficient (Wildman–Crippen LogP) is -0.282. The van der Waals surface area contributed by atoms with Crippen molar-refractivity contribution in [2.45, 2.75) is 68.6 Å². The number of ketones is 1. The number of likely N-dealkylation sites (N-methyl/N-ethyl adjacent to an activating group) is 1. The van der Waals surface area contributed by atoms with Crippen LogP contribution in [0.4, 0.5) is 0 Å². The van der Waals surface area contributed by atoms with Crippen LogP contribution in [0.25, 0.3) is 0 Å². The first kappa shape index (κ1) is 20.4. The number of Topliss-reactive ketones (excluding diaryl/α,β-unsaturated/α-hetero) is 1. The molecule has 0 unspecified atom stereocenters. The summed E-state index contributed by atoms with van der Waals surface area (Å²) in [5, 5.41) is 10.5. The Morgan fingerprint density at radius 2 is 2.11 bits per heavy atom. The molecule has 2 aliphatic carbocycles. The molecule has 0 aromatic heterocycles. The van der Waals surface area contributed by atoms with Gasteiger partial charge >= 0.3 is 0 Å². The zero-order chi connectivity index (χ0) is 19.0. The van der Waals surface area contributed by atoms with E-state index in [9.17, 15) is 9.90 Å². The zero-order valence-electron chi connectivity index (χ0n) is 17.0. The zero-order valence-corrected chi connectivity index (χ0v) is 19.1. The Balaban J connectivity index is 0.00000192. The van der Waals surface area contributed by atoms with Crippen molar-refractivity contribution in [1.29, 1.82) is 0 Å². The number of carbonyl (C=O) groups is 1. The van der Waals surface area contributed by atoms with Gasteiger partial charge in [0.15, 0.2) is 23.4 Å². The molecule has 1 aromatic rings. The summed E-state index contributed by atoms with van der Waals surface area (Å²) in [5.74, 6) is 0.867. The van der Waals surface area contributed by atoms with Gasteiger partial charge in [0.2, 0.25) is 0 Å². The predicted molar refractivity (Wildman–Crippen MR) is 101 cm³/mol. The fourth-order valence-electron chi connectivity index (χ4n) is 6.61. The van der Waals surface area contributed by atoms with Crippen molar-refractivity contribution in [1.82, 2.24) is 0 Å². The van der Waals surface area contributed by atoms with Crippen LogP contribution in [-0.2, 0) is 21.4 Å². The number of piperidine rings is 1. The first-order valence-electron chi connectivity index (χ1n) is 10.4. The molecule has 1 aromatic carbocycles. The molecule has 1 N–H and O–H groups in total. The van der Waals surface area contributed by atoms with Gasteiger partial charge in [0.05, 0.1) is 26.1 Å². The summed E-state index contributed by atoms with van der Waals surface area (Å²) >= 11 is 0. The molecule has 1 saturated heterocycles. The normalized spacial score (nSPS) is 36.3. The number of quaternary nitrogens is 1. The summed E-state index contributed by atoms with van der Waals surface area (Å²) in [6, 6.07) is 4.06. The SMILES string of the molecule is CCCCO[C@@]12CCC(=O)[C@@H]3Oc4c(O)ccc5c4[C@@]31CC[N+](C)(C)[C@@H]2C5.[I-]. The minimum Gasteiger partial charge on any atom is -1.00 e. The van der Waals surface area contributed by atoms with Gasteiger partial charge < -0.3 is 43.0 Å². The Bertz CT molecular complexity index is 825. The van der Waals surface area contributed by atoms with Crippen LogP contribution in [0.2, 0.25) is 0 Å². The Hall–Kier alpha value is -0.860. The molecular formula is C22H30INO4. The molecule has 4 atom stereocenters. The Kier molecular flexibility index (Phi) is 4.79. The first-order valence-corrected chi connectivity index (χ1v) is 10.4. The van der Waals surface area contributed by atoms with E-state index in [0.717, 1.165) is 55.3 Å². The summed E-state index contributed by atoms with van der Waals surface area (Å²) in [4.78, 5) is 13.0. The van der Waals surface area contributed by atoms with Gasteiger partial charge in [-0.15, -0.1) is 0 Å². The molecule has 2 aliphatic heterocycles. The van der Waals surface area contributed by atoms with E-state index in [0.29, 0.717) is 18.2 Å². The van der Waals surface area contributed by atoms with E-state index in [1.807, 2.05) is 6.07 Å². The molecule has 0 amide bonds. The van der Waals surface area contributed by atoms with Crippen LogP contribution in [0.3, 0.4) is 0 Å². The Morgan fingerprint density at radius 3 is 2.86 bits per heavy atom. The van der Waals surface area contributed by atoms with E-state index < -0.39 is 17.1 Å². The molecular weight excluding hydrogens is 469 g/mol. The molecule has 154 valence electrons. The number of nitrogens with zero attached hydrogens (tertiary/aromatic N) is 1. The van der Waals surface area contributed by atoms with Crippen molar-refractivity contribution >= 4 is 5.78 Å². The second-order valence-corrected chi connectivity index (χ2v) is 9.45. The van der Waals surface area contributed by atoms with E-state index in [4.69, 9.17) is 9.47 Å². The summed E-state index contributed by atoms with van der Waals surface area (Å²) in [7, 11) is 4.60. The van der Waals surface area contributed by atoms with Crippen LogP contribution in [-0.4, -0.2) is 60.4 Å². The average Bonchev–Trinajstić information content (AvgIpc) is 3.00. The number of benzene rings is 1. The van der Waals surface area contributed by atoms with Gasteiger partial charge in [-0.25, -0.2) is 0 Å². The number of ether oxygens (including phenoxy) is 2. The van der Waals surface area contributed by atoms with Gasteiger partial charge in [-0.1, -0.05) is 19.4 Å². The third-order valence-corrected chi connectivity index (χ3v) is 7.88. The number of phenols is 1. The van der Waals surface area contributed by atoms with Gasteiger partial charge in [-0.05, 0) is 24.5 Å². The van der Waals surface area contributed by atoms with Gasteiger partial charge in [0.1, 0.15) is 11.6 Å². The lowest BCUT2D eigenvalue weighted by molar-refractivity contribution is -0.931. The van der Waals surface area contributed by atoms with Gasteiger partial charge in [0.25, 0.3) is 0 Å². The number of hydrogen-bond acceptors (Lipinski definition) is 4. The third kappa shape index (κ3) is 2.28. The van der Waals surface area contributed by atoms with Crippen molar-refractivity contribution in [3.63, 3.8) is 0 Å². The number of rotatable bonds is 4. The van der Waals surface area contributed by atoms with Gasteiger partial charge in [-0.2, -0.15) is 0 Å². The summed E-state index contributed by atoms with van der Waals surface area (Å²) in [6.07, 6.45) is 4.63. The van der Waals surface area contributed by atoms with Crippen molar-refractivity contribution in [2.75, 3.05) is 27.2 Å². The number of carbonyl (C=O) groups excluding carboxylic acids is 1. The number of unbranched alkanes of at least 4 members (excludes halogenated alkanes) is 1. The topological polar surface area (TPSA) is 55.8 Å². The molecule has 0 radical (unpaired) electrons. The lowest BCUT2D eigenvalue weighted by atomic mass is 9.48. The van der Waals surface area contributed by atoms with E-state index in [1.165, 1.54) is 5.56 Å². The maximum atomic E-state index is 13.0. The Morgan fingerprint density at radius 1 is 1.32 bits per heavy atom. The molecule has 5 rings (SSSR count). The second-order valence-electron chi connectivity index (χ2n) is 9.45. The maximum Gasteiger partial charge on any atom is 0.174 e. The lowest BCUT2D eigenvalue weighted by Crippen LogP contribution is -3.00. The van der Waals surface area contributed by atoms with E-state index in [2.05, 4.69) is 21.0 Å². The van der Waals surface area contributed by atoms with Crippen LogP contribution in [0.1, 0.15) is 50.2 Å². The first-order chi connectivity index (χ1) is 12.9. The monoisotopic (exact) mass is 499 g/mol. The molecule has 4 aliphatic rings. The summed E-state index contributed by atoms with van der Waals surface area (Å²) < 4.78 is 14.0. The van der Waals surface area contributed by atoms with Crippen molar-refractivity contribution < 1.29 is 47.8 Å². The van der Waals surface area contributed by atoms with Crippen LogP contribution >= 0.6 is 0 Å². The summed E-state index contributed by atoms with van der Waals surface area (Å²) in [6.45, 7) is 3.89. The summed E-state index contributed by atoms with van der Waals surface area (Å²) in [5.41, 5.74) is 1.46. The highest BCUT2D eigenvalue weighted by atomic mass is 127. The maximum absolute atomic E-state index is 13.0. The second kappa shape index (κ2) is 6.57. The number of hydrogen-bond donors (Lipinski definition) is 1. The quantitative estimate of drug-likeness (QED) is 0.352. The molecule has 1 spiro atoms. The van der Waals surface area contributed by atoms with Crippen molar-refractivity contribution in [2.24, 2.45) is 0 Å². The fraction of sp³-hybridized carbons (Fsp3) is 0.682. The van der Waals surface area contributed by atoms with Gasteiger partial charge in [-0.3, -0.25) is 4.79 Å². The molecule has 1 saturated carbocycles. The van der Waals surface area contributed by atoms with Gasteiger partial charge in [0, 0.05) is 31.4 Å². The molecule has 2 fully saturated rings. The smallest absolute Gasteiger partial charge is 0.174 e. The Labute approximate surface area is 184 Å². The average molecular weight is 499 g/mol. The highest BCUT2D eigenvalue weighted by Crippen LogP contribution is 2.66. The fourth-order valence-corrected chi connectivity index (χ4v) is 6.61. The van der Waals surface area contributed by atoms with Crippen LogP contribution in [0.5, 0.6) is 11.5 Å². The molecule has 6 heteroatoms. The number of aromatic hydroxyl groups is 1. The van der Waals surface area contributed by atoms with E-state index in [1.54, 1.807) is 6.07 Å². The van der Waals surface area contributed by atoms with Crippen LogP contribution in [0.15, 0.2) is 12.1 Å².